The Bertz CT molecular complexity index is 605. The van der Waals surface area contributed by atoms with Gasteiger partial charge in [-0.05, 0) is 17.7 Å². The number of alkyl halides is 1. The first-order chi connectivity index (χ1) is 9.63. The fourth-order valence-corrected chi connectivity index (χ4v) is 2.28. The SMILES string of the molecule is COc1ccc(C(Br)C(=O)C(=O)c2ccccc2)cc1. The molecule has 0 aliphatic carbocycles. The fourth-order valence-electron chi connectivity index (χ4n) is 1.77. The Hall–Kier alpha value is -1.94. The Morgan fingerprint density at radius 2 is 1.60 bits per heavy atom. The number of ketones is 2. The van der Waals surface area contributed by atoms with Gasteiger partial charge in [0, 0.05) is 5.56 Å². The number of halogens is 1. The molecule has 0 amide bonds. The van der Waals surface area contributed by atoms with Gasteiger partial charge in [0.05, 0.1) is 7.11 Å². The van der Waals surface area contributed by atoms with Gasteiger partial charge in [-0.3, -0.25) is 9.59 Å². The van der Waals surface area contributed by atoms with Crippen molar-refractivity contribution in [1.82, 2.24) is 0 Å². The maximum absolute atomic E-state index is 12.2. The normalized spacial score (nSPS) is 11.7. The summed E-state index contributed by atoms with van der Waals surface area (Å²) in [5, 5.41) is 0. The molecule has 20 heavy (non-hydrogen) atoms. The molecule has 0 aliphatic heterocycles. The lowest BCUT2D eigenvalue weighted by Gasteiger charge is -2.09. The van der Waals surface area contributed by atoms with Crippen molar-refractivity contribution in [3.05, 3.63) is 65.7 Å². The van der Waals surface area contributed by atoms with Crippen molar-refractivity contribution in [2.24, 2.45) is 0 Å². The summed E-state index contributed by atoms with van der Waals surface area (Å²) in [6, 6.07) is 15.6. The summed E-state index contributed by atoms with van der Waals surface area (Å²) in [4.78, 5) is 23.6. The van der Waals surface area contributed by atoms with Gasteiger partial charge in [0.1, 0.15) is 10.6 Å². The standard InChI is InChI=1S/C16H13BrO3/c1-20-13-9-7-11(8-10-13)14(17)16(19)15(18)12-5-3-2-4-6-12/h2-10,14H,1H3. The summed E-state index contributed by atoms with van der Waals surface area (Å²) < 4.78 is 5.06. The highest BCUT2D eigenvalue weighted by Gasteiger charge is 2.25. The first kappa shape index (κ1) is 14.5. The van der Waals surface area contributed by atoms with Gasteiger partial charge in [-0.25, -0.2) is 0 Å². The topological polar surface area (TPSA) is 43.4 Å². The third-order valence-corrected chi connectivity index (χ3v) is 3.84. The molecule has 4 heteroatoms. The summed E-state index contributed by atoms with van der Waals surface area (Å²) in [5.41, 5.74) is 1.12. The number of benzene rings is 2. The molecule has 0 aliphatic rings. The molecule has 0 fully saturated rings. The zero-order valence-corrected chi connectivity index (χ0v) is 12.5. The molecule has 2 rings (SSSR count). The first-order valence-electron chi connectivity index (χ1n) is 6.05. The summed E-state index contributed by atoms with van der Waals surface area (Å²) >= 11 is 3.28. The Labute approximate surface area is 125 Å². The zero-order valence-electron chi connectivity index (χ0n) is 10.9. The van der Waals surface area contributed by atoms with Crippen molar-refractivity contribution in [3.63, 3.8) is 0 Å². The van der Waals surface area contributed by atoms with Crippen LogP contribution in [0.25, 0.3) is 0 Å². The average molecular weight is 333 g/mol. The van der Waals surface area contributed by atoms with Gasteiger partial charge in [0.15, 0.2) is 0 Å². The van der Waals surface area contributed by atoms with Crippen LogP contribution in [0.15, 0.2) is 54.6 Å². The van der Waals surface area contributed by atoms with Crippen LogP contribution in [0, 0.1) is 0 Å². The molecule has 1 atom stereocenters. The smallest absolute Gasteiger partial charge is 0.230 e. The summed E-state index contributed by atoms with van der Waals surface area (Å²) in [7, 11) is 1.57. The molecule has 2 aromatic rings. The van der Waals surface area contributed by atoms with Crippen LogP contribution in [0.2, 0.25) is 0 Å². The van der Waals surface area contributed by atoms with E-state index in [1.807, 2.05) is 0 Å². The lowest BCUT2D eigenvalue weighted by atomic mass is 10.0. The Morgan fingerprint density at radius 3 is 2.15 bits per heavy atom. The van der Waals surface area contributed by atoms with Crippen LogP contribution in [0.3, 0.4) is 0 Å². The molecule has 0 saturated carbocycles. The minimum Gasteiger partial charge on any atom is -0.497 e. The average Bonchev–Trinajstić information content (AvgIpc) is 2.53. The quantitative estimate of drug-likeness (QED) is 0.477. The van der Waals surface area contributed by atoms with Crippen molar-refractivity contribution in [2.45, 2.75) is 4.83 Å². The van der Waals surface area contributed by atoms with E-state index >= 15 is 0 Å². The minimum atomic E-state index is -0.652. The van der Waals surface area contributed by atoms with Gasteiger partial charge < -0.3 is 4.74 Å². The number of hydrogen-bond donors (Lipinski definition) is 0. The van der Waals surface area contributed by atoms with Crippen LogP contribution in [0.5, 0.6) is 5.75 Å². The second kappa shape index (κ2) is 6.48. The molecule has 0 spiro atoms. The minimum absolute atomic E-state index is 0.399. The zero-order chi connectivity index (χ0) is 14.5. The number of ether oxygens (including phenoxy) is 1. The molecule has 0 radical (unpaired) electrons. The number of methoxy groups -OCH3 is 1. The van der Waals surface area contributed by atoms with Gasteiger partial charge in [0.2, 0.25) is 11.6 Å². The van der Waals surface area contributed by atoms with Gasteiger partial charge in [0.25, 0.3) is 0 Å². The van der Waals surface area contributed by atoms with Gasteiger partial charge in [-0.2, -0.15) is 0 Å². The summed E-state index contributed by atoms with van der Waals surface area (Å²) in [6.45, 7) is 0. The number of carbonyl (C=O) groups is 2. The van der Waals surface area contributed by atoms with Crippen LogP contribution in [0.1, 0.15) is 20.7 Å². The third kappa shape index (κ3) is 3.14. The van der Waals surface area contributed by atoms with E-state index in [9.17, 15) is 9.59 Å². The summed E-state index contributed by atoms with van der Waals surface area (Å²) in [6.07, 6.45) is 0. The van der Waals surface area contributed by atoms with E-state index in [1.54, 1.807) is 61.7 Å². The molecule has 0 saturated heterocycles. The van der Waals surface area contributed by atoms with Crippen LogP contribution in [0.4, 0.5) is 0 Å². The lowest BCUT2D eigenvalue weighted by molar-refractivity contribution is -0.114. The van der Waals surface area contributed by atoms with Crippen molar-refractivity contribution >= 4 is 27.5 Å². The predicted molar refractivity (Wildman–Crippen MR) is 80.4 cm³/mol. The van der Waals surface area contributed by atoms with Crippen molar-refractivity contribution < 1.29 is 14.3 Å². The van der Waals surface area contributed by atoms with Gasteiger partial charge in [-0.15, -0.1) is 0 Å². The molecule has 0 bridgehead atoms. The monoisotopic (exact) mass is 332 g/mol. The highest BCUT2D eigenvalue weighted by atomic mass is 79.9. The number of rotatable bonds is 5. The maximum Gasteiger partial charge on any atom is 0.230 e. The number of carbonyl (C=O) groups excluding carboxylic acids is 2. The van der Waals surface area contributed by atoms with E-state index < -0.39 is 16.4 Å². The van der Waals surface area contributed by atoms with E-state index in [-0.39, 0.29) is 0 Å². The molecular weight excluding hydrogens is 320 g/mol. The Kier molecular flexibility index (Phi) is 4.69. The van der Waals surface area contributed by atoms with Crippen LogP contribution in [-0.4, -0.2) is 18.7 Å². The first-order valence-corrected chi connectivity index (χ1v) is 6.96. The largest absolute Gasteiger partial charge is 0.497 e. The van der Waals surface area contributed by atoms with E-state index in [0.717, 1.165) is 5.56 Å². The van der Waals surface area contributed by atoms with E-state index in [1.165, 1.54) is 0 Å². The summed E-state index contributed by atoms with van der Waals surface area (Å²) in [5.74, 6) is -0.278. The van der Waals surface area contributed by atoms with Gasteiger partial charge >= 0.3 is 0 Å². The van der Waals surface area contributed by atoms with Crippen LogP contribution < -0.4 is 4.74 Å². The molecule has 0 aromatic heterocycles. The molecule has 2 aromatic carbocycles. The number of hydrogen-bond acceptors (Lipinski definition) is 3. The van der Waals surface area contributed by atoms with Gasteiger partial charge in [-0.1, -0.05) is 58.4 Å². The molecule has 3 nitrogen and oxygen atoms in total. The Morgan fingerprint density at radius 1 is 1.00 bits per heavy atom. The maximum atomic E-state index is 12.2. The molecular formula is C16H13BrO3. The van der Waals surface area contributed by atoms with Crippen LogP contribution >= 0.6 is 15.9 Å². The second-order valence-corrected chi connectivity index (χ2v) is 5.11. The second-order valence-electron chi connectivity index (χ2n) is 4.20. The van der Waals surface area contributed by atoms with E-state index in [4.69, 9.17) is 4.74 Å². The van der Waals surface area contributed by atoms with E-state index in [2.05, 4.69) is 15.9 Å². The van der Waals surface area contributed by atoms with Crippen LogP contribution in [-0.2, 0) is 4.79 Å². The highest BCUT2D eigenvalue weighted by Crippen LogP contribution is 2.26. The van der Waals surface area contributed by atoms with Crippen molar-refractivity contribution in [1.29, 1.82) is 0 Å². The lowest BCUT2D eigenvalue weighted by Crippen LogP contribution is -2.18. The van der Waals surface area contributed by atoms with Crippen molar-refractivity contribution in [2.75, 3.05) is 7.11 Å². The van der Waals surface area contributed by atoms with E-state index in [0.29, 0.717) is 11.3 Å². The highest BCUT2D eigenvalue weighted by molar-refractivity contribution is 9.09. The predicted octanol–water partition coefficient (Wildman–Crippen LogP) is 3.58. The van der Waals surface area contributed by atoms with Crippen molar-refractivity contribution in [3.8, 4) is 5.75 Å². The number of Topliss-reactive ketones (excluding diaryl/α,β-unsaturated/α-hetero) is 2. The molecule has 0 heterocycles. The third-order valence-electron chi connectivity index (χ3n) is 2.90. The fraction of sp³-hybridized carbons (Fsp3) is 0.125. The Balaban J connectivity index is 2.17. The molecule has 0 N–H and O–H groups in total. The molecule has 102 valence electrons. The molecule has 1 unspecified atom stereocenters.